The van der Waals surface area contributed by atoms with Crippen molar-refractivity contribution >= 4 is 17.8 Å². The molecule has 1 aromatic carbocycles. The van der Waals surface area contributed by atoms with Gasteiger partial charge in [-0.1, -0.05) is 30.3 Å². The van der Waals surface area contributed by atoms with Crippen LogP contribution >= 0.6 is 0 Å². The molecule has 0 aliphatic heterocycles. The van der Waals surface area contributed by atoms with E-state index in [-0.39, 0.29) is 6.42 Å². The molecule has 1 aromatic rings. The second-order valence-corrected chi connectivity index (χ2v) is 4.03. The fraction of sp³-hybridized carbons (Fsp3) is 0.308. The van der Waals surface area contributed by atoms with Gasteiger partial charge in [0, 0.05) is 13.3 Å². The number of hydrogen-bond acceptors (Lipinski definition) is 4. The lowest BCUT2D eigenvalue weighted by Gasteiger charge is -2.25. The monoisotopic (exact) mass is 264 g/mol. The zero-order chi connectivity index (χ0) is 14.4. The highest BCUT2D eigenvalue weighted by molar-refractivity contribution is 5.99. The Kier molecular flexibility index (Phi) is 5.20. The van der Waals surface area contributed by atoms with Gasteiger partial charge in [0.05, 0.1) is 6.54 Å². The number of carbonyl (C=O) groups is 3. The van der Waals surface area contributed by atoms with E-state index >= 15 is 0 Å². The van der Waals surface area contributed by atoms with Crippen molar-refractivity contribution in [3.63, 3.8) is 0 Å². The van der Waals surface area contributed by atoms with Gasteiger partial charge in [-0.3, -0.25) is 14.5 Å². The summed E-state index contributed by atoms with van der Waals surface area (Å²) in [7, 11) is 0. The van der Waals surface area contributed by atoms with Gasteiger partial charge in [-0.25, -0.2) is 4.79 Å². The summed E-state index contributed by atoms with van der Waals surface area (Å²) < 4.78 is 0. The minimum absolute atomic E-state index is 0.0570. The number of amides is 2. The van der Waals surface area contributed by atoms with Crippen molar-refractivity contribution in [3.05, 3.63) is 35.9 Å². The van der Waals surface area contributed by atoms with Crippen LogP contribution in [-0.4, -0.2) is 40.4 Å². The third-order valence-corrected chi connectivity index (χ3v) is 2.65. The zero-order valence-corrected chi connectivity index (χ0v) is 10.6. The number of nitrogens with two attached hydrogens (primary N) is 1. The van der Waals surface area contributed by atoms with Crippen LogP contribution in [0, 0.1) is 0 Å². The minimum Gasteiger partial charge on any atom is -0.480 e. The Hall–Kier alpha value is -2.21. The Balaban J connectivity index is 3.01. The Bertz CT molecular complexity index is 473. The van der Waals surface area contributed by atoms with Crippen LogP contribution in [-0.2, 0) is 20.8 Å². The van der Waals surface area contributed by atoms with Crippen molar-refractivity contribution in [2.45, 2.75) is 19.4 Å². The molecule has 0 spiro atoms. The quantitative estimate of drug-likeness (QED) is 0.780. The van der Waals surface area contributed by atoms with Gasteiger partial charge in [-0.15, -0.1) is 0 Å². The average Bonchev–Trinajstić information content (AvgIpc) is 2.38. The second-order valence-electron chi connectivity index (χ2n) is 4.03. The van der Waals surface area contributed by atoms with Crippen LogP contribution in [0.2, 0.25) is 0 Å². The maximum atomic E-state index is 11.6. The van der Waals surface area contributed by atoms with Crippen LogP contribution in [0.5, 0.6) is 0 Å². The van der Waals surface area contributed by atoms with E-state index in [1.54, 1.807) is 30.3 Å². The van der Waals surface area contributed by atoms with Gasteiger partial charge in [0.2, 0.25) is 11.8 Å². The van der Waals surface area contributed by atoms with E-state index in [1.165, 1.54) is 0 Å². The number of nitrogens with zero attached hydrogens (tertiary/aromatic N) is 1. The predicted molar refractivity (Wildman–Crippen MR) is 68.2 cm³/mol. The van der Waals surface area contributed by atoms with Crippen molar-refractivity contribution in [2.75, 3.05) is 6.54 Å². The molecule has 1 atom stereocenters. The van der Waals surface area contributed by atoms with Gasteiger partial charge in [0.1, 0.15) is 6.04 Å². The van der Waals surface area contributed by atoms with Crippen molar-refractivity contribution in [3.8, 4) is 0 Å². The Morgan fingerprint density at radius 3 is 2.26 bits per heavy atom. The molecule has 0 bridgehead atoms. The molecular formula is C13H16N2O4. The topological polar surface area (TPSA) is 101 Å². The number of imide groups is 1. The molecule has 1 rings (SSSR count). The normalized spacial score (nSPS) is 11.7. The first kappa shape index (κ1) is 14.8. The number of carboxylic acid groups (broad SMARTS) is 1. The molecule has 2 amide bonds. The summed E-state index contributed by atoms with van der Waals surface area (Å²) in [5, 5.41) is 9.21. The molecule has 1 unspecified atom stereocenters. The smallest absolute Gasteiger partial charge is 0.327 e. The number of benzene rings is 1. The van der Waals surface area contributed by atoms with Crippen molar-refractivity contribution < 1.29 is 19.5 Å². The van der Waals surface area contributed by atoms with Gasteiger partial charge >= 0.3 is 5.97 Å². The molecule has 3 N–H and O–H groups in total. The third kappa shape index (κ3) is 3.89. The third-order valence-electron chi connectivity index (χ3n) is 2.65. The first-order valence-corrected chi connectivity index (χ1v) is 5.76. The molecular weight excluding hydrogens is 248 g/mol. The summed E-state index contributed by atoms with van der Waals surface area (Å²) in [4.78, 5) is 35.1. The molecule has 0 aliphatic carbocycles. The molecule has 0 fully saturated rings. The van der Waals surface area contributed by atoms with Gasteiger partial charge < -0.3 is 10.8 Å². The van der Waals surface area contributed by atoms with Crippen molar-refractivity contribution in [1.82, 2.24) is 4.90 Å². The summed E-state index contributed by atoms with van der Waals surface area (Å²) in [6.07, 6.45) is 0.0570. The van der Waals surface area contributed by atoms with E-state index in [4.69, 9.17) is 5.73 Å². The van der Waals surface area contributed by atoms with Crippen molar-refractivity contribution in [2.24, 2.45) is 5.73 Å². The molecule has 6 nitrogen and oxygen atoms in total. The molecule has 0 saturated heterocycles. The summed E-state index contributed by atoms with van der Waals surface area (Å²) in [5.74, 6) is -2.56. The Morgan fingerprint density at radius 1 is 1.26 bits per heavy atom. The molecule has 0 saturated carbocycles. The van der Waals surface area contributed by atoms with Gasteiger partial charge in [0.15, 0.2) is 0 Å². The van der Waals surface area contributed by atoms with Crippen LogP contribution in [0.1, 0.15) is 12.5 Å². The van der Waals surface area contributed by atoms with Crippen LogP contribution in [0.3, 0.4) is 0 Å². The highest BCUT2D eigenvalue weighted by Crippen LogP contribution is 2.10. The van der Waals surface area contributed by atoms with Crippen LogP contribution < -0.4 is 5.73 Å². The Morgan fingerprint density at radius 2 is 1.84 bits per heavy atom. The minimum atomic E-state index is -1.24. The SMILES string of the molecule is CC(=O)N(C(=O)CN)C(Cc1ccccc1)C(=O)O. The first-order valence-electron chi connectivity index (χ1n) is 5.76. The van der Waals surface area contributed by atoms with E-state index in [0.29, 0.717) is 4.90 Å². The maximum absolute atomic E-state index is 11.6. The van der Waals surface area contributed by atoms with Gasteiger partial charge in [0.25, 0.3) is 0 Å². The van der Waals surface area contributed by atoms with Gasteiger partial charge in [-0.2, -0.15) is 0 Å². The summed E-state index contributed by atoms with van der Waals surface area (Å²) >= 11 is 0. The predicted octanol–water partition coefficient (Wildman–Crippen LogP) is 0.0161. The standard InChI is InChI=1S/C13H16N2O4/c1-9(16)15(12(17)8-14)11(13(18)19)7-10-5-3-2-4-6-10/h2-6,11H,7-8,14H2,1H3,(H,18,19). The summed E-state index contributed by atoms with van der Waals surface area (Å²) in [6.45, 7) is 0.743. The molecule has 102 valence electrons. The fourth-order valence-corrected chi connectivity index (χ4v) is 1.79. The molecule has 0 radical (unpaired) electrons. The fourth-order valence-electron chi connectivity index (χ4n) is 1.79. The largest absolute Gasteiger partial charge is 0.480 e. The lowest BCUT2D eigenvalue weighted by molar-refractivity contribution is -0.156. The average molecular weight is 264 g/mol. The first-order chi connectivity index (χ1) is 8.97. The number of hydrogen-bond donors (Lipinski definition) is 2. The molecule has 0 aromatic heterocycles. The highest BCUT2D eigenvalue weighted by atomic mass is 16.4. The van der Waals surface area contributed by atoms with E-state index < -0.39 is 30.4 Å². The van der Waals surface area contributed by atoms with Crippen molar-refractivity contribution in [1.29, 1.82) is 0 Å². The maximum Gasteiger partial charge on any atom is 0.327 e. The van der Waals surface area contributed by atoms with Crippen LogP contribution in [0.4, 0.5) is 0 Å². The molecule has 6 heteroatoms. The van der Waals surface area contributed by atoms with Crippen LogP contribution in [0.25, 0.3) is 0 Å². The molecule has 0 aliphatic rings. The molecule has 0 heterocycles. The lowest BCUT2D eigenvalue weighted by Crippen LogP contribution is -2.51. The van der Waals surface area contributed by atoms with E-state index in [1.807, 2.05) is 0 Å². The Labute approximate surface area is 110 Å². The summed E-state index contributed by atoms with van der Waals surface area (Å²) in [6, 6.07) is 7.56. The second kappa shape index (κ2) is 6.65. The van der Waals surface area contributed by atoms with E-state index in [9.17, 15) is 19.5 Å². The van der Waals surface area contributed by atoms with Gasteiger partial charge in [-0.05, 0) is 5.56 Å². The zero-order valence-electron chi connectivity index (χ0n) is 10.6. The number of rotatable bonds is 5. The summed E-state index contributed by atoms with van der Waals surface area (Å²) in [5.41, 5.74) is 5.93. The van der Waals surface area contributed by atoms with Crippen LogP contribution in [0.15, 0.2) is 30.3 Å². The highest BCUT2D eigenvalue weighted by Gasteiger charge is 2.32. The van der Waals surface area contributed by atoms with E-state index in [2.05, 4.69) is 0 Å². The molecule has 19 heavy (non-hydrogen) atoms. The lowest BCUT2D eigenvalue weighted by atomic mass is 10.0. The van der Waals surface area contributed by atoms with E-state index in [0.717, 1.165) is 12.5 Å². The number of aliphatic carboxylic acids is 1. The number of carbonyl (C=O) groups excluding carboxylic acids is 2. The number of carboxylic acids is 1.